The van der Waals surface area contributed by atoms with Crippen LogP contribution in [0.1, 0.15) is 11.1 Å². The number of aryl methyl sites for hydroxylation is 2. The number of ether oxygens (including phenoxy) is 1. The van der Waals surface area contributed by atoms with Crippen molar-refractivity contribution >= 4 is 5.69 Å². The summed E-state index contributed by atoms with van der Waals surface area (Å²) in [7, 11) is 0. The number of hydrogen-bond donors (Lipinski definition) is 1. The van der Waals surface area contributed by atoms with E-state index >= 15 is 0 Å². The van der Waals surface area contributed by atoms with Crippen LogP contribution >= 0.6 is 0 Å². The van der Waals surface area contributed by atoms with Crippen LogP contribution in [-0.4, -0.2) is 4.98 Å². The highest BCUT2D eigenvalue weighted by Gasteiger charge is 2.02. The van der Waals surface area contributed by atoms with Crippen molar-refractivity contribution < 1.29 is 4.74 Å². The first-order valence-electron chi connectivity index (χ1n) is 5.12. The number of hydrogen-bond acceptors (Lipinski definition) is 3. The van der Waals surface area contributed by atoms with Crippen LogP contribution in [0.5, 0.6) is 11.6 Å². The highest BCUT2D eigenvalue weighted by Crippen LogP contribution is 2.25. The molecule has 0 spiro atoms. The molecule has 1 aromatic heterocycles. The molecule has 82 valence electrons. The average Bonchev–Trinajstić information content (AvgIpc) is 2.22. The molecule has 0 saturated carbocycles. The van der Waals surface area contributed by atoms with E-state index in [0.717, 1.165) is 22.6 Å². The molecule has 2 N–H and O–H groups in total. The van der Waals surface area contributed by atoms with Crippen LogP contribution in [0.25, 0.3) is 0 Å². The predicted molar refractivity (Wildman–Crippen MR) is 64.6 cm³/mol. The van der Waals surface area contributed by atoms with E-state index in [4.69, 9.17) is 10.5 Å². The van der Waals surface area contributed by atoms with Crippen molar-refractivity contribution in [3.05, 3.63) is 47.7 Å². The van der Waals surface area contributed by atoms with E-state index in [1.54, 1.807) is 6.20 Å². The first-order valence-corrected chi connectivity index (χ1v) is 5.12. The Morgan fingerprint density at radius 1 is 1.12 bits per heavy atom. The van der Waals surface area contributed by atoms with Crippen molar-refractivity contribution in [1.82, 2.24) is 4.98 Å². The zero-order valence-corrected chi connectivity index (χ0v) is 9.40. The molecular weight excluding hydrogens is 200 g/mol. The van der Waals surface area contributed by atoms with E-state index in [1.165, 1.54) is 0 Å². The second kappa shape index (κ2) is 4.23. The molecule has 16 heavy (non-hydrogen) atoms. The lowest BCUT2D eigenvalue weighted by atomic mass is 10.2. The first-order chi connectivity index (χ1) is 7.65. The van der Waals surface area contributed by atoms with Crippen LogP contribution in [0.15, 0.2) is 36.5 Å². The van der Waals surface area contributed by atoms with Crippen LogP contribution in [0.3, 0.4) is 0 Å². The molecule has 0 bridgehead atoms. The molecule has 0 fully saturated rings. The van der Waals surface area contributed by atoms with E-state index in [0.29, 0.717) is 5.88 Å². The summed E-state index contributed by atoms with van der Waals surface area (Å²) < 4.78 is 5.68. The lowest BCUT2D eigenvalue weighted by Crippen LogP contribution is -1.92. The minimum Gasteiger partial charge on any atom is -0.439 e. The van der Waals surface area contributed by atoms with Gasteiger partial charge in [-0.15, -0.1) is 0 Å². The molecule has 0 amide bonds. The van der Waals surface area contributed by atoms with Gasteiger partial charge in [0.1, 0.15) is 5.75 Å². The maximum absolute atomic E-state index is 5.68. The number of nitrogen functional groups attached to an aromatic ring is 1. The second-order valence-corrected chi connectivity index (χ2v) is 3.80. The fourth-order valence-corrected chi connectivity index (χ4v) is 1.46. The monoisotopic (exact) mass is 214 g/mol. The number of pyridine rings is 1. The Balaban J connectivity index is 2.27. The molecule has 0 aliphatic rings. The third-order valence-corrected chi connectivity index (χ3v) is 2.30. The van der Waals surface area contributed by atoms with Gasteiger partial charge in [0, 0.05) is 18.0 Å². The van der Waals surface area contributed by atoms with Crippen molar-refractivity contribution in [2.75, 3.05) is 5.73 Å². The Labute approximate surface area is 94.9 Å². The molecule has 2 rings (SSSR count). The summed E-state index contributed by atoms with van der Waals surface area (Å²) in [6, 6.07) is 9.39. The topological polar surface area (TPSA) is 48.1 Å². The number of rotatable bonds is 2. The van der Waals surface area contributed by atoms with Crippen LogP contribution in [0.2, 0.25) is 0 Å². The second-order valence-electron chi connectivity index (χ2n) is 3.80. The Hall–Kier alpha value is -2.03. The highest BCUT2D eigenvalue weighted by atomic mass is 16.5. The van der Waals surface area contributed by atoms with Gasteiger partial charge in [0.2, 0.25) is 5.88 Å². The summed E-state index contributed by atoms with van der Waals surface area (Å²) in [4.78, 5) is 4.14. The summed E-state index contributed by atoms with van der Waals surface area (Å²) in [5.74, 6) is 1.39. The third kappa shape index (κ3) is 2.31. The van der Waals surface area contributed by atoms with Crippen LogP contribution in [0.4, 0.5) is 5.69 Å². The molecule has 3 heteroatoms. The van der Waals surface area contributed by atoms with E-state index in [1.807, 2.05) is 44.2 Å². The summed E-state index contributed by atoms with van der Waals surface area (Å²) in [6.45, 7) is 3.96. The van der Waals surface area contributed by atoms with Gasteiger partial charge >= 0.3 is 0 Å². The number of nitrogens with zero attached hydrogens (tertiary/aromatic N) is 1. The minimum absolute atomic E-state index is 0.605. The van der Waals surface area contributed by atoms with E-state index in [2.05, 4.69) is 4.98 Å². The fourth-order valence-electron chi connectivity index (χ4n) is 1.46. The molecule has 0 radical (unpaired) electrons. The molecule has 0 atom stereocenters. The molecule has 3 nitrogen and oxygen atoms in total. The average molecular weight is 214 g/mol. The van der Waals surface area contributed by atoms with E-state index in [9.17, 15) is 0 Å². The number of aromatic nitrogens is 1. The molecule has 0 aliphatic heterocycles. The van der Waals surface area contributed by atoms with Gasteiger partial charge in [-0.3, -0.25) is 0 Å². The number of nitrogens with two attached hydrogens (primary N) is 1. The van der Waals surface area contributed by atoms with Crippen LogP contribution < -0.4 is 10.5 Å². The maximum Gasteiger partial charge on any atom is 0.219 e. The van der Waals surface area contributed by atoms with Crippen molar-refractivity contribution in [2.45, 2.75) is 13.8 Å². The Morgan fingerprint density at radius 2 is 1.94 bits per heavy atom. The SMILES string of the molecule is Cc1ccnc(Oc2ccc(N)cc2C)c1. The zero-order chi connectivity index (χ0) is 11.5. The van der Waals surface area contributed by atoms with Gasteiger partial charge in [0.15, 0.2) is 0 Å². The first kappa shape index (κ1) is 10.5. The summed E-state index contributed by atoms with van der Waals surface area (Å²) in [5.41, 5.74) is 8.54. The highest BCUT2D eigenvalue weighted by molar-refractivity contribution is 5.48. The molecule has 0 aliphatic carbocycles. The van der Waals surface area contributed by atoms with Crippen molar-refractivity contribution in [1.29, 1.82) is 0 Å². The number of anilines is 1. The van der Waals surface area contributed by atoms with Gasteiger partial charge in [-0.05, 0) is 49.2 Å². The minimum atomic E-state index is 0.605. The van der Waals surface area contributed by atoms with E-state index < -0.39 is 0 Å². The predicted octanol–water partition coefficient (Wildman–Crippen LogP) is 3.07. The Morgan fingerprint density at radius 3 is 2.62 bits per heavy atom. The molecule has 2 aromatic rings. The summed E-state index contributed by atoms with van der Waals surface area (Å²) in [6.07, 6.45) is 1.73. The summed E-state index contributed by atoms with van der Waals surface area (Å²) >= 11 is 0. The van der Waals surface area contributed by atoms with Gasteiger partial charge in [-0.25, -0.2) is 4.98 Å². The van der Waals surface area contributed by atoms with Crippen LogP contribution in [0, 0.1) is 13.8 Å². The van der Waals surface area contributed by atoms with E-state index in [-0.39, 0.29) is 0 Å². The van der Waals surface area contributed by atoms with Gasteiger partial charge < -0.3 is 10.5 Å². The molecular formula is C13H14N2O. The van der Waals surface area contributed by atoms with Crippen molar-refractivity contribution in [3.8, 4) is 11.6 Å². The zero-order valence-electron chi connectivity index (χ0n) is 9.40. The molecule has 0 saturated heterocycles. The Kier molecular flexibility index (Phi) is 2.77. The molecule has 1 aromatic carbocycles. The third-order valence-electron chi connectivity index (χ3n) is 2.30. The normalized spacial score (nSPS) is 10.1. The largest absolute Gasteiger partial charge is 0.439 e. The number of benzene rings is 1. The summed E-state index contributed by atoms with van der Waals surface area (Å²) in [5, 5.41) is 0. The van der Waals surface area contributed by atoms with Crippen molar-refractivity contribution in [2.24, 2.45) is 0 Å². The Bertz CT molecular complexity index is 509. The van der Waals surface area contributed by atoms with Gasteiger partial charge in [0.05, 0.1) is 0 Å². The lowest BCUT2D eigenvalue weighted by Gasteiger charge is -2.08. The van der Waals surface area contributed by atoms with Crippen LogP contribution in [-0.2, 0) is 0 Å². The maximum atomic E-state index is 5.68. The van der Waals surface area contributed by atoms with Crippen molar-refractivity contribution in [3.63, 3.8) is 0 Å². The standard InChI is InChI=1S/C13H14N2O/c1-9-5-6-15-13(7-9)16-12-4-3-11(14)8-10(12)2/h3-8H,14H2,1-2H3. The lowest BCUT2D eigenvalue weighted by molar-refractivity contribution is 0.459. The quantitative estimate of drug-likeness (QED) is 0.781. The molecule has 1 heterocycles. The molecule has 0 unspecified atom stereocenters. The van der Waals surface area contributed by atoms with Gasteiger partial charge in [-0.2, -0.15) is 0 Å². The van der Waals surface area contributed by atoms with Gasteiger partial charge in [0.25, 0.3) is 0 Å². The fraction of sp³-hybridized carbons (Fsp3) is 0.154. The smallest absolute Gasteiger partial charge is 0.219 e. The van der Waals surface area contributed by atoms with Gasteiger partial charge in [-0.1, -0.05) is 0 Å².